The van der Waals surface area contributed by atoms with E-state index in [-0.39, 0.29) is 6.42 Å². The summed E-state index contributed by atoms with van der Waals surface area (Å²) in [5.41, 5.74) is 0.332. The highest BCUT2D eigenvalue weighted by molar-refractivity contribution is 5.14. The minimum atomic E-state index is -2.49. The molecule has 0 aromatic heterocycles. The molecule has 0 nitrogen and oxygen atoms in total. The summed E-state index contributed by atoms with van der Waals surface area (Å²) in [5, 5.41) is 0. The van der Waals surface area contributed by atoms with Crippen molar-refractivity contribution in [3.05, 3.63) is 11.6 Å². The SMILES string of the molecule is CCC.CCC1=CCCCC1(F)F. The van der Waals surface area contributed by atoms with Crippen molar-refractivity contribution >= 4 is 0 Å². The maximum absolute atomic E-state index is 12.8. The molecular formula is C11H20F2. The first-order valence-corrected chi connectivity index (χ1v) is 5.15. The molecule has 0 fully saturated rings. The smallest absolute Gasteiger partial charge is 0.202 e. The normalized spacial score (nSPS) is 19.9. The highest BCUT2D eigenvalue weighted by atomic mass is 19.3. The maximum atomic E-state index is 12.8. The summed E-state index contributed by atoms with van der Waals surface area (Å²) in [6.45, 7) is 6.03. The molecule has 1 rings (SSSR count). The van der Waals surface area contributed by atoms with Crippen LogP contribution in [0.2, 0.25) is 0 Å². The Morgan fingerprint density at radius 2 is 1.85 bits per heavy atom. The minimum Gasteiger partial charge on any atom is -0.202 e. The molecule has 0 atom stereocenters. The maximum Gasteiger partial charge on any atom is 0.269 e. The quantitative estimate of drug-likeness (QED) is 0.532. The Balaban J connectivity index is 0.000000424. The highest BCUT2D eigenvalue weighted by Crippen LogP contribution is 2.35. The Morgan fingerprint density at radius 3 is 2.15 bits per heavy atom. The largest absolute Gasteiger partial charge is 0.269 e. The Kier molecular flexibility index (Phi) is 5.93. The van der Waals surface area contributed by atoms with Crippen molar-refractivity contribution < 1.29 is 8.78 Å². The Hall–Kier alpha value is -0.400. The number of hydrogen-bond donors (Lipinski definition) is 0. The van der Waals surface area contributed by atoms with Crippen molar-refractivity contribution in [1.29, 1.82) is 0 Å². The van der Waals surface area contributed by atoms with E-state index in [1.165, 1.54) is 6.42 Å². The van der Waals surface area contributed by atoms with Gasteiger partial charge in [-0.1, -0.05) is 33.3 Å². The van der Waals surface area contributed by atoms with Gasteiger partial charge in [0.25, 0.3) is 5.92 Å². The van der Waals surface area contributed by atoms with Crippen LogP contribution in [0.3, 0.4) is 0 Å². The lowest BCUT2D eigenvalue weighted by Gasteiger charge is -2.22. The molecule has 2 heteroatoms. The van der Waals surface area contributed by atoms with E-state index in [0.29, 0.717) is 18.4 Å². The number of rotatable bonds is 1. The first-order chi connectivity index (χ1) is 6.08. The predicted molar refractivity (Wildman–Crippen MR) is 53.1 cm³/mol. The van der Waals surface area contributed by atoms with Gasteiger partial charge in [-0.15, -0.1) is 0 Å². The summed E-state index contributed by atoms with van der Waals surface area (Å²) < 4.78 is 25.6. The van der Waals surface area contributed by atoms with Gasteiger partial charge in [-0.2, -0.15) is 0 Å². The third-order valence-electron chi connectivity index (χ3n) is 1.94. The lowest BCUT2D eigenvalue weighted by atomic mass is 9.94. The minimum absolute atomic E-state index is 0.0483. The van der Waals surface area contributed by atoms with Gasteiger partial charge in [0.2, 0.25) is 0 Å². The van der Waals surface area contributed by atoms with Crippen LogP contribution in [-0.4, -0.2) is 5.92 Å². The summed E-state index contributed by atoms with van der Waals surface area (Å²) in [4.78, 5) is 0. The molecule has 78 valence electrons. The van der Waals surface area contributed by atoms with E-state index in [2.05, 4.69) is 13.8 Å². The van der Waals surface area contributed by atoms with Gasteiger partial charge in [-0.25, -0.2) is 8.78 Å². The Labute approximate surface area is 80.0 Å². The van der Waals surface area contributed by atoms with Crippen molar-refractivity contribution in [2.45, 2.75) is 58.8 Å². The molecule has 0 unspecified atom stereocenters. The number of hydrogen-bond acceptors (Lipinski definition) is 0. The van der Waals surface area contributed by atoms with Crippen LogP contribution in [0, 0.1) is 0 Å². The van der Waals surface area contributed by atoms with Crippen molar-refractivity contribution in [1.82, 2.24) is 0 Å². The molecule has 0 aliphatic heterocycles. The monoisotopic (exact) mass is 190 g/mol. The van der Waals surface area contributed by atoms with Gasteiger partial charge in [-0.05, 0) is 24.8 Å². The second kappa shape index (κ2) is 6.11. The number of alkyl halides is 2. The van der Waals surface area contributed by atoms with Crippen molar-refractivity contribution in [2.24, 2.45) is 0 Å². The van der Waals surface area contributed by atoms with Crippen molar-refractivity contribution in [2.75, 3.05) is 0 Å². The number of allylic oxidation sites excluding steroid dienone is 2. The molecule has 0 bridgehead atoms. The summed E-state index contributed by atoms with van der Waals surface area (Å²) in [5.74, 6) is -2.49. The van der Waals surface area contributed by atoms with E-state index in [4.69, 9.17) is 0 Å². The molecule has 0 N–H and O–H groups in total. The van der Waals surface area contributed by atoms with Crippen LogP contribution < -0.4 is 0 Å². The highest BCUT2D eigenvalue weighted by Gasteiger charge is 2.33. The van der Waals surface area contributed by atoms with Crippen LogP contribution in [0.1, 0.15) is 52.9 Å². The first kappa shape index (κ1) is 12.6. The van der Waals surface area contributed by atoms with Crippen LogP contribution in [-0.2, 0) is 0 Å². The lowest BCUT2D eigenvalue weighted by molar-refractivity contribution is 0.0222. The molecule has 0 spiro atoms. The van der Waals surface area contributed by atoms with Crippen LogP contribution in [0.15, 0.2) is 11.6 Å². The molecule has 0 heterocycles. The summed E-state index contributed by atoms with van der Waals surface area (Å²) >= 11 is 0. The summed E-state index contributed by atoms with van der Waals surface area (Å²) in [7, 11) is 0. The van der Waals surface area contributed by atoms with Crippen molar-refractivity contribution in [3.63, 3.8) is 0 Å². The average molecular weight is 190 g/mol. The average Bonchev–Trinajstić information content (AvgIpc) is 2.05. The second-order valence-electron chi connectivity index (χ2n) is 3.39. The molecule has 1 aliphatic rings. The molecule has 0 saturated heterocycles. The van der Waals surface area contributed by atoms with E-state index in [9.17, 15) is 8.78 Å². The molecule has 13 heavy (non-hydrogen) atoms. The molecular weight excluding hydrogens is 170 g/mol. The Bertz CT molecular complexity index is 159. The van der Waals surface area contributed by atoms with Gasteiger partial charge in [0.15, 0.2) is 0 Å². The second-order valence-corrected chi connectivity index (χ2v) is 3.39. The predicted octanol–water partition coefficient (Wildman–Crippen LogP) is 4.56. The van der Waals surface area contributed by atoms with E-state index >= 15 is 0 Å². The zero-order chi connectivity index (χ0) is 10.3. The van der Waals surface area contributed by atoms with E-state index in [1.807, 2.05) is 0 Å². The molecule has 0 amide bonds. The lowest BCUT2D eigenvalue weighted by Crippen LogP contribution is -2.21. The third kappa shape index (κ3) is 4.39. The van der Waals surface area contributed by atoms with Gasteiger partial charge in [0.05, 0.1) is 0 Å². The standard InChI is InChI=1S/C8H12F2.C3H8/c1-2-7-5-3-4-6-8(7,9)10;1-3-2/h5H,2-4,6H2,1H3;3H2,1-2H3. The van der Waals surface area contributed by atoms with Gasteiger partial charge in [0.1, 0.15) is 0 Å². The van der Waals surface area contributed by atoms with E-state index in [1.54, 1.807) is 13.0 Å². The molecule has 0 aromatic carbocycles. The van der Waals surface area contributed by atoms with Crippen molar-refractivity contribution in [3.8, 4) is 0 Å². The zero-order valence-corrected chi connectivity index (χ0v) is 8.87. The fourth-order valence-electron chi connectivity index (χ4n) is 1.31. The Morgan fingerprint density at radius 1 is 1.31 bits per heavy atom. The molecule has 1 aliphatic carbocycles. The topological polar surface area (TPSA) is 0 Å². The fourth-order valence-corrected chi connectivity index (χ4v) is 1.31. The van der Waals surface area contributed by atoms with E-state index in [0.717, 1.165) is 6.42 Å². The van der Waals surface area contributed by atoms with E-state index < -0.39 is 5.92 Å². The van der Waals surface area contributed by atoms with Crippen LogP contribution in [0.4, 0.5) is 8.78 Å². The summed E-state index contributed by atoms with van der Waals surface area (Å²) in [6, 6.07) is 0. The molecule has 0 saturated carbocycles. The zero-order valence-electron chi connectivity index (χ0n) is 8.87. The first-order valence-electron chi connectivity index (χ1n) is 5.15. The van der Waals surface area contributed by atoms with Gasteiger partial charge in [0, 0.05) is 6.42 Å². The van der Waals surface area contributed by atoms with Crippen LogP contribution in [0.5, 0.6) is 0 Å². The number of halogens is 2. The van der Waals surface area contributed by atoms with Crippen LogP contribution >= 0.6 is 0 Å². The fraction of sp³-hybridized carbons (Fsp3) is 0.818. The van der Waals surface area contributed by atoms with Gasteiger partial charge in [-0.3, -0.25) is 0 Å². The molecule has 0 radical (unpaired) electrons. The third-order valence-corrected chi connectivity index (χ3v) is 1.94. The summed E-state index contributed by atoms with van der Waals surface area (Å²) in [6.07, 6.45) is 4.94. The van der Waals surface area contributed by atoms with Crippen LogP contribution in [0.25, 0.3) is 0 Å². The van der Waals surface area contributed by atoms with Gasteiger partial charge < -0.3 is 0 Å². The molecule has 0 aromatic rings. The van der Waals surface area contributed by atoms with Gasteiger partial charge >= 0.3 is 0 Å².